The molecule has 0 bridgehead atoms. The predicted molar refractivity (Wildman–Crippen MR) is 133 cm³/mol. The molecular formula is C20H33ClIN5O3. The molecule has 1 unspecified atom stereocenters. The van der Waals surface area contributed by atoms with Crippen LogP contribution in [0, 0.1) is 0 Å². The highest BCUT2D eigenvalue weighted by Gasteiger charge is 2.25. The lowest BCUT2D eigenvalue weighted by atomic mass is 10.2. The summed E-state index contributed by atoms with van der Waals surface area (Å²) >= 11 is 6.16. The molecule has 30 heavy (non-hydrogen) atoms. The largest absolute Gasteiger partial charge is 0.495 e. The van der Waals surface area contributed by atoms with Crippen molar-refractivity contribution in [2.45, 2.75) is 38.8 Å². The molecule has 0 saturated carbocycles. The Labute approximate surface area is 201 Å². The predicted octanol–water partition coefficient (Wildman–Crippen LogP) is 3.24. The first-order valence-electron chi connectivity index (χ1n) is 9.74. The molecule has 1 aliphatic heterocycles. The third-order valence-corrected chi connectivity index (χ3v) is 4.56. The fourth-order valence-corrected chi connectivity index (χ4v) is 3.22. The third kappa shape index (κ3) is 8.63. The minimum Gasteiger partial charge on any atom is -0.495 e. The van der Waals surface area contributed by atoms with Crippen molar-refractivity contribution in [2.75, 3.05) is 45.2 Å². The van der Waals surface area contributed by atoms with Crippen molar-refractivity contribution < 1.29 is 14.3 Å². The SMILES string of the molecule is CN=C(NCCNC(=O)OC(C)(C)C)NC1CCN(c2cc(Cl)ccc2OC)C1.I. The number of aliphatic imine (C=N–C) groups is 1. The van der Waals surface area contributed by atoms with Gasteiger partial charge in [0.2, 0.25) is 0 Å². The number of nitrogens with one attached hydrogen (secondary N) is 3. The second-order valence-corrected chi connectivity index (χ2v) is 8.26. The maximum absolute atomic E-state index is 11.7. The number of ether oxygens (including phenoxy) is 2. The number of benzene rings is 1. The van der Waals surface area contributed by atoms with Crippen LogP contribution in [0.4, 0.5) is 10.5 Å². The van der Waals surface area contributed by atoms with Gasteiger partial charge in [0.15, 0.2) is 5.96 Å². The van der Waals surface area contributed by atoms with Gasteiger partial charge in [-0.1, -0.05) is 11.6 Å². The van der Waals surface area contributed by atoms with E-state index in [9.17, 15) is 4.79 Å². The van der Waals surface area contributed by atoms with Crippen molar-refractivity contribution in [3.8, 4) is 5.75 Å². The van der Waals surface area contributed by atoms with Gasteiger partial charge >= 0.3 is 6.09 Å². The number of guanidine groups is 1. The van der Waals surface area contributed by atoms with Gasteiger partial charge in [0.1, 0.15) is 11.4 Å². The number of alkyl carbamates (subject to hydrolysis) is 1. The van der Waals surface area contributed by atoms with Crippen LogP contribution in [0.25, 0.3) is 0 Å². The van der Waals surface area contributed by atoms with Gasteiger partial charge in [-0.05, 0) is 45.4 Å². The monoisotopic (exact) mass is 553 g/mol. The minimum absolute atomic E-state index is 0. The van der Waals surface area contributed by atoms with Crippen LogP contribution in [0.2, 0.25) is 5.02 Å². The van der Waals surface area contributed by atoms with E-state index in [4.69, 9.17) is 21.1 Å². The lowest BCUT2D eigenvalue weighted by Gasteiger charge is -2.22. The third-order valence-electron chi connectivity index (χ3n) is 4.32. The molecule has 1 fully saturated rings. The molecule has 1 amide bonds. The van der Waals surface area contributed by atoms with Crippen LogP contribution >= 0.6 is 35.6 Å². The molecule has 0 radical (unpaired) electrons. The van der Waals surface area contributed by atoms with Crippen LogP contribution in [0.15, 0.2) is 23.2 Å². The quantitative estimate of drug-likeness (QED) is 0.217. The van der Waals surface area contributed by atoms with Gasteiger partial charge < -0.3 is 30.3 Å². The van der Waals surface area contributed by atoms with Crippen LogP contribution in [0.3, 0.4) is 0 Å². The Balaban J connectivity index is 0.00000450. The van der Waals surface area contributed by atoms with Gasteiger partial charge in [-0.3, -0.25) is 4.99 Å². The molecule has 1 aliphatic rings. The Hall–Kier alpha value is -1.62. The molecule has 8 nitrogen and oxygen atoms in total. The number of hydrogen-bond donors (Lipinski definition) is 3. The average Bonchev–Trinajstić information content (AvgIpc) is 3.11. The molecular weight excluding hydrogens is 521 g/mol. The van der Waals surface area contributed by atoms with E-state index in [-0.39, 0.29) is 30.0 Å². The number of carbonyl (C=O) groups excluding carboxylic acids is 1. The zero-order valence-electron chi connectivity index (χ0n) is 18.3. The maximum Gasteiger partial charge on any atom is 0.407 e. The lowest BCUT2D eigenvalue weighted by Crippen LogP contribution is -2.46. The van der Waals surface area contributed by atoms with E-state index in [1.807, 2.05) is 39.0 Å². The van der Waals surface area contributed by atoms with Gasteiger partial charge in [0.25, 0.3) is 0 Å². The molecule has 1 aromatic rings. The Morgan fingerprint density at radius 2 is 2.00 bits per heavy atom. The first-order chi connectivity index (χ1) is 13.7. The summed E-state index contributed by atoms with van der Waals surface area (Å²) in [5.41, 5.74) is 0.489. The molecule has 1 saturated heterocycles. The topological polar surface area (TPSA) is 87.2 Å². The number of hydrogen-bond acceptors (Lipinski definition) is 5. The summed E-state index contributed by atoms with van der Waals surface area (Å²) in [6, 6.07) is 5.88. The molecule has 0 spiro atoms. The zero-order valence-corrected chi connectivity index (χ0v) is 21.3. The summed E-state index contributed by atoms with van der Waals surface area (Å²) in [4.78, 5) is 18.2. The van der Waals surface area contributed by atoms with Crippen LogP contribution in [0.5, 0.6) is 5.75 Å². The minimum atomic E-state index is -0.505. The average molecular weight is 554 g/mol. The van der Waals surface area contributed by atoms with E-state index in [1.54, 1.807) is 14.2 Å². The number of nitrogens with zero attached hydrogens (tertiary/aromatic N) is 2. The summed E-state index contributed by atoms with van der Waals surface area (Å²) in [5, 5.41) is 10.0. The van der Waals surface area contributed by atoms with E-state index in [2.05, 4.69) is 25.8 Å². The summed E-state index contributed by atoms with van der Waals surface area (Å²) in [5.74, 6) is 1.51. The highest BCUT2D eigenvalue weighted by atomic mass is 127. The molecule has 1 atom stereocenters. The number of halogens is 2. The first-order valence-corrected chi connectivity index (χ1v) is 10.1. The van der Waals surface area contributed by atoms with Crippen molar-refractivity contribution in [2.24, 2.45) is 4.99 Å². The highest BCUT2D eigenvalue weighted by Crippen LogP contribution is 2.33. The van der Waals surface area contributed by atoms with Crippen LogP contribution in [-0.4, -0.2) is 64.0 Å². The van der Waals surface area contributed by atoms with E-state index in [1.165, 1.54) is 0 Å². The van der Waals surface area contributed by atoms with Crippen LogP contribution < -0.4 is 25.6 Å². The summed E-state index contributed by atoms with van der Waals surface area (Å²) < 4.78 is 10.7. The second-order valence-electron chi connectivity index (χ2n) is 7.82. The summed E-state index contributed by atoms with van der Waals surface area (Å²) in [6.45, 7) is 8.18. The smallest absolute Gasteiger partial charge is 0.407 e. The van der Waals surface area contributed by atoms with Crippen molar-refractivity contribution >= 4 is 53.3 Å². The molecule has 0 aliphatic carbocycles. The maximum atomic E-state index is 11.7. The first kappa shape index (κ1) is 26.4. The van der Waals surface area contributed by atoms with E-state index in [0.29, 0.717) is 24.1 Å². The van der Waals surface area contributed by atoms with Crippen LogP contribution in [-0.2, 0) is 4.74 Å². The number of methoxy groups -OCH3 is 1. The van der Waals surface area contributed by atoms with Crippen LogP contribution in [0.1, 0.15) is 27.2 Å². The van der Waals surface area contributed by atoms with E-state index < -0.39 is 11.7 Å². The number of anilines is 1. The Morgan fingerprint density at radius 3 is 2.63 bits per heavy atom. The van der Waals surface area contributed by atoms with Gasteiger partial charge in [0.05, 0.1) is 12.8 Å². The molecule has 2 rings (SSSR count). The van der Waals surface area contributed by atoms with Crippen molar-refractivity contribution in [1.82, 2.24) is 16.0 Å². The van der Waals surface area contributed by atoms with Gasteiger partial charge in [-0.25, -0.2) is 4.79 Å². The molecule has 10 heteroatoms. The van der Waals surface area contributed by atoms with Crippen molar-refractivity contribution in [3.63, 3.8) is 0 Å². The second kappa shape index (κ2) is 12.3. The van der Waals surface area contributed by atoms with E-state index in [0.717, 1.165) is 30.9 Å². The van der Waals surface area contributed by atoms with Gasteiger partial charge in [-0.2, -0.15) is 0 Å². The lowest BCUT2D eigenvalue weighted by molar-refractivity contribution is 0.0529. The summed E-state index contributed by atoms with van der Waals surface area (Å²) in [7, 11) is 3.39. The highest BCUT2D eigenvalue weighted by molar-refractivity contribution is 14.0. The van der Waals surface area contributed by atoms with E-state index >= 15 is 0 Å². The number of carbonyl (C=O) groups is 1. The van der Waals surface area contributed by atoms with Crippen molar-refractivity contribution in [3.05, 3.63) is 23.2 Å². The Bertz CT molecular complexity index is 727. The molecule has 170 valence electrons. The fraction of sp³-hybridized carbons (Fsp3) is 0.600. The molecule has 0 aromatic heterocycles. The summed E-state index contributed by atoms with van der Waals surface area (Å²) in [6.07, 6.45) is 0.538. The fourth-order valence-electron chi connectivity index (χ4n) is 3.05. The molecule has 3 N–H and O–H groups in total. The van der Waals surface area contributed by atoms with Crippen molar-refractivity contribution in [1.29, 1.82) is 0 Å². The zero-order chi connectivity index (χ0) is 21.4. The Kier molecular flexibility index (Phi) is 10.8. The normalized spacial score (nSPS) is 16.5. The number of amides is 1. The van der Waals surface area contributed by atoms with Gasteiger partial charge in [0, 0.05) is 44.3 Å². The van der Waals surface area contributed by atoms with Gasteiger partial charge in [-0.15, -0.1) is 24.0 Å². The Morgan fingerprint density at radius 1 is 1.30 bits per heavy atom. The molecule has 1 aromatic carbocycles. The molecule has 1 heterocycles. The number of rotatable bonds is 6. The standard InChI is InChI=1S/C20H32ClN5O3.HI/c1-20(2,3)29-19(27)24-10-9-23-18(22-4)25-15-8-11-26(13-15)16-12-14(21)6-7-17(16)28-5;/h6-7,12,15H,8-11,13H2,1-5H3,(H,24,27)(H2,22,23,25);1H.